The smallest absolute Gasteiger partial charge is 0.130 e. The molecule has 0 spiro atoms. The first-order valence-electron chi connectivity index (χ1n) is 3.28. The van der Waals surface area contributed by atoms with E-state index in [0.29, 0.717) is 0 Å². The number of methoxy groups -OCH3 is 1. The van der Waals surface area contributed by atoms with E-state index in [1.54, 1.807) is 13.4 Å². The normalized spacial score (nSPS) is 23.4. The van der Waals surface area contributed by atoms with Gasteiger partial charge in [0, 0.05) is 6.42 Å². The first-order valence-corrected chi connectivity index (χ1v) is 3.28. The van der Waals surface area contributed by atoms with Crippen molar-refractivity contribution in [3.05, 3.63) is 12.0 Å². The Labute approximate surface area is 55.5 Å². The molecule has 0 saturated carbocycles. The lowest BCUT2D eigenvalue weighted by atomic mass is 10.2. The quantitative estimate of drug-likeness (QED) is 0.500. The zero-order valence-corrected chi connectivity index (χ0v) is 5.72. The van der Waals surface area contributed by atoms with Crippen LogP contribution >= 0.6 is 0 Å². The molecule has 1 aliphatic heterocycles. The van der Waals surface area contributed by atoms with E-state index in [-0.39, 0.29) is 0 Å². The standard InChI is InChI=1S/C7H12O2/c1-8-6-7-4-2-3-5-9-7/h6H,2-5H2,1H3. The molecule has 1 rings (SSSR count). The predicted molar refractivity (Wildman–Crippen MR) is 34.9 cm³/mol. The third-order valence-corrected chi connectivity index (χ3v) is 1.35. The lowest BCUT2D eigenvalue weighted by molar-refractivity contribution is 0.150. The van der Waals surface area contributed by atoms with Gasteiger partial charge in [-0.2, -0.15) is 0 Å². The van der Waals surface area contributed by atoms with Crippen LogP contribution in [0.2, 0.25) is 0 Å². The van der Waals surface area contributed by atoms with Crippen LogP contribution in [0.25, 0.3) is 0 Å². The molecule has 0 aromatic rings. The van der Waals surface area contributed by atoms with Gasteiger partial charge in [0.15, 0.2) is 0 Å². The molecule has 0 aromatic carbocycles. The molecule has 0 unspecified atom stereocenters. The fraction of sp³-hybridized carbons (Fsp3) is 0.714. The van der Waals surface area contributed by atoms with Crippen LogP contribution in [0.1, 0.15) is 19.3 Å². The fourth-order valence-corrected chi connectivity index (χ4v) is 0.901. The number of allylic oxidation sites excluding steroid dienone is 1. The minimum absolute atomic E-state index is 0.856. The van der Waals surface area contributed by atoms with Crippen LogP contribution in [0.4, 0.5) is 0 Å². The van der Waals surface area contributed by atoms with E-state index in [2.05, 4.69) is 0 Å². The molecule has 52 valence electrons. The van der Waals surface area contributed by atoms with Crippen molar-refractivity contribution < 1.29 is 9.47 Å². The topological polar surface area (TPSA) is 18.5 Å². The Morgan fingerprint density at radius 1 is 1.56 bits per heavy atom. The number of ether oxygens (including phenoxy) is 2. The number of hydrogen-bond acceptors (Lipinski definition) is 2. The lowest BCUT2D eigenvalue weighted by Gasteiger charge is -2.14. The predicted octanol–water partition coefficient (Wildman–Crippen LogP) is 1.67. The summed E-state index contributed by atoms with van der Waals surface area (Å²) in [5, 5.41) is 0. The van der Waals surface area contributed by atoms with Crippen molar-refractivity contribution in [3.8, 4) is 0 Å². The maximum absolute atomic E-state index is 5.25. The van der Waals surface area contributed by atoms with E-state index in [1.165, 1.54) is 12.8 Å². The van der Waals surface area contributed by atoms with Crippen molar-refractivity contribution in [1.82, 2.24) is 0 Å². The molecular formula is C7H12O2. The second-order valence-corrected chi connectivity index (χ2v) is 2.13. The molecule has 0 radical (unpaired) electrons. The summed E-state index contributed by atoms with van der Waals surface area (Å²) in [5.74, 6) is 0.990. The fourth-order valence-electron chi connectivity index (χ4n) is 0.901. The minimum atomic E-state index is 0.856. The molecule has 0 aliphatic carbocycles. The van der Waals surface area contributed by atoms with Crippen molar-refractivity contribution in [3.63, 3.8) is 0 Å². The monoisotopic (exact) mass is 128 g/mol. The minimum Gasteiger partial charge on any atom is -0.501 e. The van der Waals surface area contributed by atoms with Gasteiger partial charge < -0.3 is 9.47 Å². The second-order valence-electron chi connectivity index (χ2n) is 2.13. The van der Waals surface area contributed by atoms with Gasteiger partial charge in [0.2, 0.25) is 0 Å². The van der Waals surface area contributed by atoms with E-state index in [4.69, 9.17) is 9.47 Å². The molecule has 1 fully saturated rings. The largest absolute Gasteiger partial charge is 0.501 e. The molecule has 2 heteroatoms. The summed E-state index contributed by atoms with van der Waals surface area (Å²) in [6.07, 6.45) is 5.13. The van der Waals surface area contributed by atoms with Crippen LogP contribution in [0, 0.1) is 0 Å². The van der Waals surface area contributed by atoms with Crippen molar-refractivity contribution >= 4 is 0 Å². The summed E-state index contributed by atoms with van der Waals surface area (Å²) in [7, 11) is 1.64. The van der Waals surface area contributed by atoms with Gasteiger partial charge in [-0.05, 0) is 12.8 Å². The van der Waals surface area contributed by atoms with Gasteiger partial charge in [-0.15, -0.1) is 0 Å². The van der Waals surface area contributed by atoms with Crippen LogP contribution in [-0.4, -0.2) is 13.7 Å². The van der Waals surface area contributed by atoms with Crippen molar-refractivity contribution in [2.75, 3.05) is 13.7 Å². The second kappa shape index (κ2) is 3.38. The van der Waals surface area contributed by atoms with E-state index < -0.39 is 0 Å². The molecule has 0 aromatic heterocycles. The number of rotatable bonds is 1. The maximum Gasteiger partial charge on any atom is 0.130 e. The summed E-state index contributed by atoms with van der Waals surface area (Å²) in [6, 6.07) is 0. The molecule has 2 nitrogen and oxygen atoms in total. The third-order valence-electron chi connectivity index (χ3n) is 1.35. The molecule has 0 amide bonds. The molecule has 0 bridgehead atoms. The lowest BCUT2D eigenvalue weighted by Crippen LogP contribution is -2.02. The van der Waals surface area contributed by atoms with Crippen LogP contribution < -0.4 is 0 Å². The highest BCUT2D eigenvalue weighted by Gasteiger charge is 2.04. The Hall–Kier alpha value is -0.660. The van der Waals surface area contributed by atoms with Gasteiger partial charge in [-0.3, -0.25) is 0 Å². The average molecular weight is 128 g/mol. The highest BCUT2D eigenvalue weighted by Crippen LogP contribution is 2.15. The van der Waals surface area contributed by atoms with E-state index in [1.807, 2.05) is 0 Å². The Morgan fingerprint density at radius 2 is 2.44 bits per heavy atom. The Balaban J connectivity index is 2.30. The van der Waals surface area contributed by atoms with Gasteiger partial charge >= 0.3 is 0 Å². The van der Waals surface area contributed by atoms with Gasteiger partial charge in [-0.25, -0.2) is 0 Å². The van der Waals surface area contributed by atoms with E-state index in [0.717, 1.165) is 18.8 Å². The molecule has 1 saturated heterocycles. The van der Waals surface area contributed by atoms with E-state index >= 15 is 0 Å². The van der Waals surface area contributed by atoms with Gasteiger partial charge in [0.25, 0.3) is 0 Å². The zero-order chi connectivity index (χ0) is 6.53. The van der Waals surface area contributed by atoms with Gasteiger partial charge in [0.1, 0.15) is 12.0 Å². The number of hydrogen-bond donors (Lipinski definition) is 0. The summed E-state index contributed by atoms with van der Waals surface area (Å²) in [6.45, 7) is 0.856. The molecule has 0 atom stereocenters. The molecule has 9 heavy (non-hydrogen) atoms. The molecule has 1 heterocycles. The molecule has 0 N–H and O–H groups in total. The molecular weight excluding hydrogens is 116 g/mol. The van der Waals surface area contributed by atoms with Crippen molar-refractivity contribution in [2.24, 2.45) is 0 Å². The van der Waals surface area contributed by atoms with Crippen molar-refractivity contribution in [1.29, 1.82) is 0 Å². The van der Waals surface area contributed by atoms with Crippen LogP contribution in [0.5, 0.6) is 0 Å². The summed E-state index contributed by atoms with van der Waals surface area (Å²) in [5.41, 5.74) is 0. The summed E-state index contributed by atoms with van der Waals surface area (Å²) in [4.78, 5) is 0. The highest BCUT2D eigenvalue weighted by atomic mass is 16.5. The highest BCUT2D eigenvalue weighted by molar-refractivity contribution is 4.89. The van der Waals surface area contributed by atoms with Gasteiger partial charge in [0.05, 0.1) is 13.7 Å². The van der Waals surface area contributed by atoms with E-state index in [9.17, 15) is 0 Å². The first-order chi connectivity index (χ1) is 4.43. The summed E-state index contributed by atoms with van der Waals surface area (Å²) >= 11 is 0. The average Bonchev–Trinajstić information content (AvgIpc) is 1.91. The zero-order valence-electron chi connectivity index (χ0n) is 5.72. The van der Waals surface area contributed by atoms with Crippen LogP contribution in [-0.2, 0) is 9.47 Å². The first kappa shape index (κ1) is 6.46. The SMILES string of the molecule is COC=C1CCCCO1. The van der Waals surface area contributed by atoms with Crippen LogP contribution in [0.3, 0.4) is 0 Å². The Bertz CT molecular complexity index is 99.5. The Kier molecular flexibility index (Phi) is 2.43. The Morgan fingerprint density at radius 3 is 3.00 bits per heavy atom. The van der Waals surface area contributed by atoms with Gasteiger partial charge in [-0.1, -0.05) is 0 Å². The maximum atomic E-state index is 5.25. The third kappa shape index (κ3) is 1.96. The van der Waals surface area contributed by atoms with Crippen molar-refractivity contribution in [2.45, 2.75) is 19.3 Å². The van der Waals surface area contributed by atoms with Crippen LogP contribution in [0.15, 0.2) is 12.0 Å². The molecule has 1 aliphatic rings. The summed E-state index contributed by atoms with van der Waals surface area (Å²) < 4.78 is 10.0.